The van der Waals surface area contributed by atoms with Crippen LogP contribution in [0.25, 0.3) is 0 Å². The summed E-state index contributed by atoms with van der Waals surface area (Å²) in [7, 11) is 0. The topological polar surface area (TPSA) is 43.7 Å². The summed E-state index contributed by atoms with van der Waals surface area (Å²) < 4.78 is 0. The van der Waals surface area contributed by atoms with Crippen molar-refractivity contribution in [2.24, 2.45) is 5.92 Å². The van der Waals surface area contributed by atoms with Gasteiger partial charge >= 0.3 is 0 Å². The van der Waals surface area contributed by atoms with Gasteiger partial charge in [-0.1, -0.05) is 13.0 Å². The van der Waals surface area contributed by atoms with Crippen molar-refractivity contribution in [3.8, 4) is 0 Å². The standard InChI is InChI=1S/C13H25NO2/c1-3-4-7-12(16)9-14-8-5-6-11(2)13(14)10-15/h3,11-13,15-16H,1,4-10H2,2H3/t11-,12-,13-/m0/s1. The van der Waals surface area contributed by atoms with E-state index < -0.39 is 0 Å². The summed E-state index contributed by atoms with van der Waals surface area (Å²) in [6, 6.07) is 0.229. The van der Waals surface area contributed by atoms with Crippen LogP contribution in [0.15, 0.2) is 12.7 Å². The third-order valence-electron chi connectivity index (χ3n) is 3.57. The number of likely N-dealkylation sites (tertiary alicyclic amines) is 1. The molecule has 1 aliphatic rings. The van der Waals surface area contributed by atoms with Crippen molar-refractivity contribution in [2.45, 2.75) is 44.8 Å². The van der Waals surface area contributed by atoms with E-state index in [-0.39, 0.29) is 18.8 Å². The number of aliphatic hydroxyl groups excluding tert-OH is 2. The Balaban J connectivity index is 2.40. The van der Waals surface area contributed by atoms with Gasteiger partial charge in [-0.25, -0.2) is 0 Å². The Labute approximate surface area is 98.8 Å². The fourth-order valence-electron chi connectivity index (χ4n) is 2.53. The summed E-state index contributed by atoms with van der Waals surface area (Å²) >= 11 is 0. The monoisotopic (exact) mass is 227 g/mol. The van der Waals surface area contributed by atoms with Gasteiger partial charge in [0.15, 0.2) is 0 Å². The van der Waals surface area contributed by atoms with Crippen molar-refractivity contribution in [3.63, 3.8) is 0 Å². The molecule has 0 spiro atoms. The minimum atomic E-state index is -0.294. The predicted octanol–water partition coefficient (Wildman–Crippen LogP) is 1.41. The molecule has 1 rings (SSSR count). The number of hydrogen-bond donors (Lipinski definition) is 2. The van der Waals surface area contributed by atoms with Crippen molar-refractivity contribution in [1.29, 1.82) is 0 Å². The van der Waals surface area contributed by atoms with Crippen molar-refractivity contribution in [3.05, 3.63) is 12.7 Å². The first kappa shape index (κ1) is 13.7. The molecule has 1 saturated heterocycles. The maximum absolute atomic E-state index is 9.86. The molecule has 1 heterocycles. The number of piperidine rings is 1. The molecule has 1 aliphatic heterocycles. The smallest absolute Gasteiger partial charge is 0.0670 e. The van der Waals surface area contributed by atoms with E-state index in [4.69, 9.17) is 0 Å². The Kier molecular flexibility index (Phi) is 6.03. The largest absolute Gasteiger partial charge is 0.395 e. The number of hydrogen-bond acceptors (Lipinski definition) is 3. The van der Waals surface area contributed by atoms with E-state index in [0.29, 0.717) is 12.5 Å². The number of rotatable bonds is 6. The van der Waals surface area contributed by atoms with Crippen LogP contribution < -0.4 is 0 Å². The van der Waals surface area contributed by atoms with E-state index in [0.717, 1.165) is 19.4 Å². The second-order valence-corrected chi connectivity index (χ2v) is 4.88. The van der Waals surface area contributed by atoms with Crippen molar-refractivity contribution < 1.29 is 10.2 Å². The van der Waals surface area contributed by atoms with Gasteiger partial charge in [0.1, 0.15) is 0 Å². The van der Waals surface area contributed by atoms with E-state index in [9.17, 15) is 10.2 Å². The van der Waals surface area contributed by atoms with Gasteiger partial charge in [-0.3, -0.25) is 4.90 Å². The van der Waals surface area contributed by atoms with Gasteiger partial charge in [-0.15, -0.1) is 6.58 Å². The van der Waals surface area contributed by atoms with Crippen LogP contribution in [0.3, 0.4) is 0 Å². The minimum absolute atomic E-state index is 0.204. The normalized spacial score (nSPS) is 28.9. The molecule has 0 aromatic rings. The molecule has 0 radical (unpaired) electrons. The molecule has 94 valence electrons. The molecular formula is C13H25NO2. The van der Waals surface area contributed by atoms with Gasteiger partial charge in [0.2, 0.25) is 0 Å². The molecule has 3 nitrogen and oxygen atoms in total. The van der Waals surface area contributed by atoms with Gasteiger partial charge in [-0.05, 0) is 38.1 Å². The first-order valence-electron chi connectivity index (χ1n) is 6.33. The van der Waals surface area contributed by atoms with Gasteiger partial charge < -0.3 is 10.2 Å². The maximum atomic E-state index is 9.86. The number of nitrogens with zero attached hydrogens (tertiary/aromatic N) is 1. The van der Waals surface area contributed by atoms with E-state index in [1.54, 1.807) is 0 Å². The van der Waals surface area contributed by atoms with Gasteiger partial charge in [0.05, 0.1) is 12.7 Å². The molecule has 2 N–H and O–H groups in total. The van der Waals surface area contributed by atoms with Crippen LogP contribution in [-0.4, -0.2) is 47.0 Å². The lowest BCUT2D eigenvalue weighted by Gasteiger charge is -2.39. The quantitative estimate of drug-likeness (QED) is 0.674. The lowest BCUT2D eigenvalue weighted by atomic mass is 9.91. The second-order valence-electron chi connectivity index (χ2n) is 4.88. The van der Waals surface area contributed by atoms with Crippen molar-refractivity contribution in [1.82, 2.24) is 4.90 Å². The van der Waals surface area contributed by atoms with Crippen LogP contribution in [0, 0.1) is 5.92 Å². The summed E-state index contributed by atoms with van der Waals surface area (Å²) in [6.45, 7) is 7.73. The maximum Gasteiger partial charge on any atom is 0.0670 e. The van der Waals surface area contributed by atoms with Gasteiger partial charge in [0.25, 0.3) is 0 Å². The van der Waals surface area contributed by atoms with Crippen LogP contribution in [0.4, 0.5) is 0 Å². The average molecular weight is 227 g/mol. The molecule has 1 fully saturated rings. The number of allylic oxidation sites excluding steroid dienone is 1. The Bertz CT molecular complexity index is 208. The summed E-state index contributed by atoms with van der Waals surface area (Å²) in [4.78, 5) is 2.24. The molecule has 3 atom stereocenters. The highest BCUT2D eigenvalue weighted by Gasteiger charge is 2.28. The van der Waals surface area contributed by atoms with E-state index in [1.165, 1.54) is 12.8 Å². The zero-order chi connectivity index (χ0) is 12.0. The SMILES string of the molecule is C=CCC[C@H](O)CN1CCC[C@H](C)[C@@H]1CO. The molecule has 0 amide bonds. The highest BCUT2D eigenvalue weighted by molar-refractivity contribution is 4.83. The molecule has 16 heavy (non-hydrogen) atoms. The average Bonchev–Trinajstić information content (AvgIpc) is 2.27. The second kappa shape index (κ2) is 7.05. The summed E-state index contributed by atoms with van der Waals surface area (Å²) in [5.41, 5.74) is 0. The van der Waals surface area contributed by atoms with Crippen molar-refractivity contribution in [2.75, 3.05) is 19.7 Å². The van der Waals surface area contributed by atoms with Crippen LogP contribution in [0.5, 0.6) is 0 Å². The van der Waals surface area contributed by atoms with Crippen LogP contribution in [0.2, 0.25) is 0 Å². The Morgan fingerprint density at radius 3 is 2.94 bits per heavy atom. The fraction of sp³-hybridized carbons (Fsp3) is 0.846. The van der Waals surface area contributed by atoms with E-state index >= 15 is 0 Å². The lowest BCUT2D eigenvalue weighted by Crippen LogP contribution is -2.49. The highest BCUT2D eigenvalue weighted by atomic mass is 16.3. The van der Waals surface area contributed by atoms with E-state index in [1.807, 2.05) is 6.08 Å². The summed E-state index contributed by atoms with van der Waals surface area (Å²) in [5, 5.41) is 19.2. The molecular weight excluding hydrogens is 202 g/mol. The minimum Gasteiger partial charge on any atom is -0.395 e. The number of aliphatic hydroxyl groups is 2. The van der Waals surface area contributed by atoms with Gasteiger partial charge in [-0.2, -0.15) is 0 Å². The van der Waals surface area contributed by atoms with Crippen LogP contribution in [0.1, 0.15) is 32.6 Å². The summed E-state index contributed by atoms with van der Waals surface area (Å²) in [5.74, 6) is 0.533. The summed E-state index contributed by atoms with van der Waals surface area (Å²) in [6.07, 6.45) is 5.53. The van der Waals surface area contributed by atoms with Crippen LogP contribution >= 0.6 is 0 Å². The zero-order valence-corrected chi connectivity index (χ0v) is 10.3. The predicted molar refractivity (Wildman–Crippen MR) is 66.3 cm³/mol. The number of β-amino-alcohol motifs (C(OH)–C–C–N with tert-alkyl or cyclic N) is 1. The molecule has 3 heteroatoms. The Morgan fingerprint density at radius 1 is 1.56 bits per heavy atom. The molecule has 0 aromatic carbocycles. The lowest BCUT2D eigenvalue weighted by molar-refractivity contribution is 0.0153. The van der Waals surface area contributed by atoms with Crippen LogP contribution in [-0.2, 0) is 0 Å². The molecule has 0 saturated carbocycles. The fourth-order valence-corrected chi connectivity index (χ4v) is 2.53. The van der Waals surface area contributed by atoms with Gasteiger partial charge in [0, 0.05) is 12.6 Å². The Morgan fingerprint density at radius 2 is 2.31 bits per heavy atom. The molecule has 0 unspecified atom stereocenters. The molecule has 0 aromatic heterocycles. The third kappa shape index (κ3) is 3.89. The molecule has 0 bridgehead atoms. The van der Waals surface area contributed by atoms with E-state index in [2.05, 4.69) is 18.4 Å². The van der Waals surface area contributed by atoms with Crippen molar-refractivity contribution >= 4 is 0 Å². The first-order chi connectivity index (χ1) is 7.69. The zero-order valence-electron chi connectivity index (χ0n) is 10.3. The highest BCUT2D eigenvalue weighted by Crippen LogP contribution is 2.23. The first-order valence-corrected chi connectivity index (χ1v) is 6.33. The Hall–Kier alpha value is -0.380. The third-order valence-corrected chi connectivity index (χ3v) is 3.57. The molecule has 0 aliphatic carbocycles.